The minimum Gasteiger partial charge on any atom is -0.351 e. The molecule has 0 radical (unpaired) electrons. The zero-order valence-electron chi connectivity index (χ0n) is 11.3. The van der Waals surface area contributed by atoms with Gasteiger partial charge in [-0.15, -0.1) is 0 Å². The van der Waals surface area contributed by atoms with Crippen LogP contribution in [0.2, 0.25) is 0 Å². The van der Waals surface area contributed by atoms with Crippen molar-refractivity contribution in [2.45, 2.75) is 45.2 Å². The van der Waals surface area contributed by atoms with E-state index < -0.39 is 0 Å². The predicted molar refractivity (Wildman–Crippen MR) is 73.2 cm³/mol. The first kappa shape index (κ1) is 14.0. The van der Waals surface area contributed by atoms with Crippen LogP contribution in [0.4, 0.5) is 4.39 Å². The summed E-state index contributed by atoms with van der Waals surface area (Å²) in [4.78, 5) is 12.0. The Morgan fingerprint density at radius 2 is 2.26 bits per heavy atom. The second-order valence-electron chi connectivity index (χ2n) is 5.16. The van der Waals surface area contributed by atoms with Crippen LogP contribution in [0.5, 0.6) is 0 Å². The van der Waals surface area contributed by atoms with Gasteiger partial charge in [-0.1, -0.05) is 25.0 Å². The van der Waals surface area contributed by atoms with E-state index in [-0.39, 0.29) is 17.8 Å². The van der Waals surface area contributed by atoms with E-state index in [1.807, 2.05) is 6.07 Å². The number of aryl methyl sites for hydroxylation is 1. The summed E-state index contributed by atoms with van der Waals surface area (Å²) in [6.45, 7) is 3.01. The summed E-state index contributed by atoms with van der Waals surface area (Å²) in [6, 6.07) is 4.97. The highest BCUT2D eigenvalue weighted by atomic mass is 19.1. The fraction of sp³-hybridized carbons (Fsp3) is 0.533. The minimum atomic E-state index is -0.223. The zero-order valence-corrected chi connectivity index (χ0v) is 11.3. The molecular weight excluding hydrogens is 243 g/mol. The van der Waals surface area contributed by atoms with Crippen molar-refractivity contribution in [2.75, 3.05) is 6.54 Å². The van der Waals surface area contributed by atoms with Crippen LogP contribution in [0.15, 0.2) is 18.2 Å². The summed E-state index contributed by atoms with van der Waals surface area (Å²) in [7, 11) is 0. The largest absolute Gasteiger partial charge is 0.351 e. The number of nitrogens with one attached hydrogen (secondary N) is 2. The van der Waals surface area contributed by atoms with E-state index in [0.29, 0.717) is 12.1 Å². The molecule has 0 spiro atoms. The standard InChI is InChI=1S/C15H21FN2O/c1-11-6-7-12(9-13(11)16)10-18-15(19)14-5-3-2-4-8-17-14/h6-7,9,14,17H,2-5,8,10H2,1H3,(H,18,19). The summed E-state index contributed by atoms with van der Waals surface area (Å²) in [5.41, 5.74) is 1.42. The number of hydrogen-bond acceptors (Lipinski definition) is 2. The van der Waals surface area contributed by atoms with Crippen molar-refractivity contribution in [3.63, 3.8) is 0 Å². The molecule has 1 atom stereocenters. The van der Waals surface area contributed by atoms with Crippen molar-refractivity contribution in [1.82, 2.24) is 10.6 Å². The number of carbonyl (C=O) groups excluding carboxylic acids is 1. The van der Waals surface area contributed by atoms with Gasteiger partial charge in [0.25, 0.3) is 0 Å². The highest BCUT2D eigenvalue weighted by Gasteiger charge is 2.18. The van der Waals surface area contributed by atoms with E-state index in [9.17, 15) is 9.18 Å². The molecule has 1 aromatic carbocycles. The number of amides is 1. The molecule has 1 amide bonds. The molecule has 1 saturated heterocycles. The lowest BCUT2D eigenvalue weighted by Crippen LogP contribution is -2.43. The molecule has 1 aliphatic rings. The Bertz CT molecular complexity index is 440. The molecule has 2 N–H and O–H groups in total. The van der Waals surface area contributed by atoms with Crippen LogP contribution >= 0.6 is 0 Å². The van der Waals surface area contributed by atoms with Gasteiger partial charge in [0.05, 0.1) is 6.04 Å². The number of rotatable bonds is 3. The normalized spacial score (nSPS) is 19.8. The zero-order chi connectivity index (χ0) is 13.7. The van der Waals surface area contributed by atoms with Gasteiger partial charge in [-0.05, 0) is 43.5 Å². The Morgan fingerprint density at radius 1 is 1.42 bits per heavy atom. The van der Waals surface area contributed by atoms with Crippen molar-refractivity contribution in [3.8, 4) is 0 Å². The van der Waals surface area contributed by atoms with Crippen LogP contribution in [-0.2, 0) is 11.3 Å². The second kappa shape index (κ2) is 6.66. The van der Waals surface area contributed by atoms with Gasteiger partial charge in [0.2, 0.25) is 5.91 Å². The molecule has 1 fully saturated rings. The van der Waals surface area contributed by atoms with Gasteiger partial charge in [0.1, 0.15) is 5.82 Å². The second-order valence-corrected chi connectivity index (χ2v) is 5.16. The van der Waals surface area contributed by atoms with E-state index in [1.54, 1.807) is 13.0 Å². The Morgan fingerprint density at radius 3 is 3.05 bits per heavy atom. The van der Waals surface area contributed by atoms with E-state index in [4.69, 9.17) is 0 Å². The lowest BCUT2D eigenvalue weighted by molar-refractivity contribution is -0.123. The molecule has 104 valence electrons. The molecular formula is C15H21FN2O. The predicted octanol–water partition coefficient (Wildman–Crippen LogP) is 2.28. The van der Waals surface area contributed by atoms with Crippen LogP contribution in [0.25, 0.3) is 0 Å². The third kappa shape index (κ3) is 4.03. The molecule has 0 bridgehead atoms. The molecule has 3 nitrogen and oxygen atoms in total. The van der Waals surface area contributed by atoms with E-state index >= 15 is 0 Å². The summed E-state index contributed by atoms with van der Waals surface area (Å²) < 4.78 is 13.4. The van der Waals surface area contributed by atoms with Crippen molar-refractivity contribution in [2.24, 2.45) is 0 Å². The summed E-state index contributed by atoms with van der Waals surface area (Å²) in [6.07, 6.45) is 4.28. The Hall–Kier alpha value is -1.42. The lowest BCUT2D eigenvalue weighted by Gasteiger charge is -2.15. The quantitative estimate of drug-likeness (QED) is 0.879. The number of carbonyl (C=O) groups is 1. The first-order valence-electron chi connectivity index (χ1n) is 6.93. The molecule has 0 aromatic heterocycles. The average molecular weight is 264 g/mol. The van der Waals surface area contributed by atoms with Gasteiger partial charge in [0, 0.05) is 6.54 Å². The fourth-order valence-electron chi connectivity index (χ4n) is 2.31. The highest BCUT2D eigenvalue weighted by Crippen LogP contribution is 2.10. The van der Waals surface area contributed by atoms with E-state index in [2.05, 4.69) is 10.6 Å². The smallest absolute Gasteiger partial charge is 0.237 e. The molecule has 1 heterocycles. The first-order chi connectivity index (χ1) is 9.16. The maximum Gasteiger partial charge on any atom is 0.237 e. The molecule has 1 aromatic rings. The molecule has 0 saturated carbocycles. The molecule has 0 aliphatic carbocycles. The van der Waals surface area contributed by atoms with Crippen LogP contribution in [0.1, 0.15) is 36.8 Å². The van der Waals surface area contributed by atoms with Gasteiger partial charge in [-0.3, -0.25) is 4.79 Å². The molecule has 4 heteroatoms. The maximum atomic E-state index is 13.4. The topological polar surface area (TPSA) is 41.1 Å². The van der Waals surface area contributed by atoms with Crippen molar-refractivity contribution >= 4 is 5.91 Å². The van der Waals surface area contributed by atoms with Crippen LogP contribution in [-0.4, -0.2) is 18.5 Å². The van der Waals surface area contributed by atoms with Crippen LogP contribution in [0.3, 0.4) is 0 Å². The highest BCUT2D eigenvalue weighted by molar-refractivity contribution is 5.81. The third-order valence-electron chi connectivity index (χ3n) is 3.58. The van der Waals surface area contributed by atoms with Crippen molar-refractivity contribution < 1.29 is 9.18 Å². The monoisotopic (exact) mass is 264 g/mol. The lowest BCUT2D eigenvalue weighted by atomic mass is 10.1. The maximum absolute atomic E-state index is 13.4. The van der Waals surface area contributed by atoms with Crippen LogP contribution in [0, 0.1) is 12.7 Å². The summed E-state index contributed by atoms with van der Waals surface area (Å²) in [5.74, 6) is -0.206. The summed E-state index contributed by atoms with van der Waals surface area (Å²) in [5, 5.41) is 6.13. The Kier molecular flexibility index (Phi) is 4.91. The number of benzene rings is 1. The number of halogens is 1. The SMILES string of the molecule is Cc1ccc(CNC(=O)C2CCCCCN2)cc1F. The van der Waals surface area contributed by atoms with Gasteiger partial charge in [-0.2, -0.15) is 0 Å². The summed E-state index contributed by atoms with van der Waals surface area (Å²) >= 11 is 0. The first-order valence-corrected chi connectivity index (χ1v) is 6.93. The molecule has 19 heavy (non-hydrogen) atoms. The molecule has 2 rings (SSSR count). The van der Waals surface area contributed by atoms with Crippen molar-refractivity contribution in [3.05, 3.63) is 35.1 Å². The average Bonchev–Trinajstić information content (AvgIpc) is 2.69. The Labute approximate surface area is 113 Å². The molecule has 1 aliphatic heterocycles. The minimum absolute atomic E-state index is 0.0166. The Balaban J connectivity index is 1.86. The molecule has 1 unspecified atom stereocenters. The van der Waals surface area contributed by atoms with E-state index in [1.165, 1.54) is 12.5 Å². The van der Waals surface area contributed by atoms with Gasteiger partial charge < -0.3 is 10.6 Å². The number of hydrogen-bond donors (Lipinski definition) is 2. The van der Waals surface area contributed by atoms with E-state index in [0.717, 1.165) is 31.4 Å². The van der Waals surface area contributed by atoms with Gasteiger partial charge in [0.15, 0.2) is 0 Å². The van der Waals surface area contributed by atoms with Gasteiger partial charge in [-0.25, -0.2) is 4.39 Å². The van der Waals surface area contributed by atoms with Crippen LogP contribution < -0.4 is 10.6 Å². The fourth-order valence-corrected chi connectivity index (χ4v) is 2.31. The van der Waals surface area contributed by atoms with Crippen molar-refractivity contribution in [1.29, 1.82) is 0 Å². The third-order valence-corrected chi connectivity index (χ3v) is 3.58. The van der Waals surface area contributed by atoms with Gasteiger partial charge >= 0.3 is 0 Å².